The number of carbonyl (C=O) groups excluding carboxylic acids is 1. The molecule has 0 heterocycles. The maximum Gasteiger partial charge on any atom is 0.326 e. The lowest BCUT2D eigenvalue weighted by atomic mass is 10.0. The SMILES string of the molecule is CCNC(C)CC(=O)N[C@@H](C(=O)O)C(C)C. The zero-order chi connectivity index (χ0) is 12.7. The maximum atomic E-state index is 11.5. The van der Waals surface area contributed by atoms with Crippen LogP contribution in [0.5, 0.6) is 0 Å². The molecule has 0 aromatic rings. The fourth-order valence-electron chi connectivity index (χ4n) is 1.44. The summed E-state index contributed by atoms with van der Waals surface area (Å²) < 4.78 is 0. The smallest absolute Gasteiger partial charge is 0.326 e. The van der Waals surface area contributed by atoms with Gasteiger partial charge >= 0.3 is 5.97 Å². The Balaban J connectivity index is 4.15. The van der Waals surface area contributed by atoms with Gasteiger partial charge in [0.25, 0.3) is 0 Å². The van der Waals surface area contributed by atoms with Gasteiger partial charge in [-0.15, -0.1) is 0 Å². The number of hydrogen-bond acceptors (Lipinski definition) is 3. The fourth-order valence-corrected chi connectivity index (χ4v) is 1.44. The topological polar surface area (TPSA) is 78.4 Å². The highest BCUT2D eigenvalue weighted by Gasteiger charge is 2.23. The van der Waals surface area contributed by atoms with Crippen LogP contribution in [0.25, 0.3) is 0 Å². The van der Waals surface area contributed by atoms with Gasteiger partial charge in [0, 0.05) is 12.5 Å². The van der Waals surface area contributed by atoms with E-state index in [2.05, 4.69) is 10.6 Å². The Morgan fingerprint density at radius 2 is 1.81 bits per heavy atom. The van der Waals surface area contributed by atoms with Crippen LogP contribution in [0.1, 0.15) is 34.1 Å². The molecule has 94 valence electrons. The first kappa shape index (κ1) is 14.9. The summed E-state index contributed by atoms with van der Waals surface area (Å²) in [5.41, 5.74) is 0. The predicted octanol–water partition coefficient (Wildman–Crippen LogP) is 0.600. The molecule has 0 rings (SSSR count). The molecular weight excluding hydrogens is 208 g/mol. The molecule has 0 saturated heterocycles. The average Bonchev–Trinajstić information content (AvgIpc) is 2.13. The lowest BCUT2D eigenvalue weighted by Crippen LogP contribution is -2.46. The molecule has 1 amide bonds. The van der Waals surface area contributed by atoms with Crippen LogP contribution in [-0.4, -0.2) is 35.6 Å². The summed E-state index contributed by atoms with van der Waals surface area (Å²) in [6, 6.07) is -0.743. The van der Waals surface area contributed by atoms with Gasteiger partial charge in [-0.2, -0.15) is 0 Å². The lowest BCUT2D eigenvalue weighted by Gasteiger charge is -2.19. The molecule has 0 aromatic carbocycles. The monoisotopic (exact) mass is 230 g/mol. The van der Waals surface area contributed by atoms with Crippen molar-refractivity contribution in [1.82, 2.24) is 10.6 Å². The summed E-state index contributed by atoms with van der Waals surface area (Å²) in [5, 5.41) is 14.5. The van der Waals surface area contributed by atoms with Crippen LogP contribution in [0.2, 0.25) is 0 Å². The number of carboxylic acids is 1. The third-order valence-corrected chi connectivity index (χ3v) is 2.29. The van der Waals surface area contributed by atoms with E-state index in [0.29, 0.717) is 6.42 Å². The molecule has 2 atom stereocenters. The lowest BCUT2D eigenvalue weighted by molar-refractivity contribution is -0.143. The predicted molar refractivity (Wildman–Crippen MR) is 62.2 cm³/mol. The standard InChI is InChI=1S/C11H22N2O3/c1-5-12-8(4)6-9(14)13-10(7(2)3)11(15)16/h7-8,10,12H,5-6H2,1-4H3,(H,13,14)(H,15,16)/t8?,10-/m1/s1. The maximum absolute atomic E-state index is 11.5. The van der Waals surface area contributed by atoms with Crippen molar-refractivity contribution < 1.29 is 14.7 Å². The van der Waals surface area contributed by atoms with E-state index in [1.54, 1.807) is 13.8 Å². The first-order chi connectivity index (χ1) is 7.38. The van der Waals surface area contributed by atoms with Gasteiger partial charge in [-0.25, -0.2) is 4.79 Å². The Bertz CT molecular complexity index is 241. The largest absolute Gasteiger partial charge is 0.480 e. The van der Waals surface area contributed by atoms with Crippen LogP contribution in [0.15, 0.2) is 0 Å². The zero-order valence-corrected chi connectivity index (χ0v) is 10.4. The highest BCUT2D eigenvalue weighted by atomic mass is 16.4. The van der Waals surface area contributed by atoms with Crippen LogP contribution in [0.4, 0.5) is 0 Å². The molecule has 3 N–H and O–H groups in total. The van der Waals surface area contributed by atoms with E-state index >= 15 is 0 Å². The number of aliphatic carboxylic acids is 1. The zero-order valence-electron chi connectivity index (χ0n) is 10.4. The third-order valence-electron chi connectivity index (χ3n) is 2.29. The van der Waals surface area contributed by atoms with Crippen molar-refractivity contribution in [2.75, 3.05) is 6.54 Å². The minimum Gasteiger partial charge on any atom is -0.480 e. The Kier molecular flexibility index (Phi) is 6.72. The Labute approximate surface area is 96.6 Å². The minimum atomic E-state index is -0.987. The molecule has 5 heteroatoms. The van der Waals surface area contributed by atoms with Crippen molar-refractivity contribution in [3.05, 3.63) is 0 Å². The number of carbonyl (C=O) groups is 2. The summed E-state index contributed by atoms with van der Waals surface area (Å²) in [6.07, 6.45) is 0.296. The van der Waals surface area contributed by atoms with Gasteiger partial charge < -0.3 is 15.7 Å². The van der Waals surface area contributed by atoms with E-state index in [4.69, 9.17) is 5.11 Å². The summed E-state index contributed by atoms with van der Waals surface area (Å²) in [5.74, 6) is -1.33. The molecule has 0 radical (unpaired) electrons. The number of carboxylic acid groups (broad SMARTS) is 1. The molecule has 0 fully saturated rings. The molecule has 0 aromatic heterocycles. The van der Waals surface area contributed by atoms with Crippen LogP contribution >= 0.6 is 0 Å². The van der Waals surface area contributed by atoms with Gasteiger partial charge in [0.05, 0.1) is 0 Å². The van der Waals surface area contributed by atoms with Gasteiger partial charge in [-0.05, 0) is 19.4 Å². The first-order valence-electron chi connectivity index (χ1n) is 5.64. The molecule has 0 aliphatic heterocycles. The van der Waals surface area contributed by atoms with Gasteiger partial charge in [-0.1, -0.05) is 20.8 Å². The van der Waals surface area contributed by atoms with Gasteiger partial charge in [-0.3, -0.25) is 4.79 Å². The molecule has 16 heavy (non-hydrogen) atoms. The second-order valence-corrected chi connectivity index (χ2v) is 4.29. The van der Waals surface area contributed by atoms with E-state index in [1.807, 2.05) is 13.8 Å². The molecule has 5 nitrogen and oxygen atoms in total. The molecule has 1 unspecified atom stereocenters. The van der Waals surface area contributed by atoms with Crippen molar-refractivity contribution in [2.45, 2.75) is 46.2 Å². The third kappa shape index (κ3) is 5.70. The highest BCUT2D eigenvalue weighted by molar-refractivity contribution is 5.83. The number of nitrogens with one attached hydrogen (secondary N) is 2. The summed E-state index contributed by atoms with van der Waals surface area (Å²) in [6.45, 7) is 8.19. The van der Waals surface area contributed by atoms with E-state index in [0.717, 1.165) is 6.54 Å². The summed E-state index contributed by atoms with van der Waals surface area (Å²) >= 11 is 0. The summed E-state index contributed by atoms with van der Waals surface area (Å²) in [7, 11) is 0. The van der Waals surface area contributed by atoms with Crippen LogP contribution < -0.4 is 10.6 Å². The fraction of sp³-hybridized carbons (Fsp3) is 0.818. The Morgan fingerprint density at radius 3 is 2.19 bits per heavy atom. The Morgan fingerprint density at radius 1 is 1.25 bits per heavy atom. The van der Waals surface area contributed by atoms with E-state index in [9.17, 15) is 9.59 Å². The minimum absolute atomic E-state index is 0.0617. The van der Waals surface area contributed by atoms with Crippen molar-refractivity contribution >= 4 is 11.9 Å². The van der Waals surface area contributed by atoms with Crippen molar-refractivity contribution in [3.8, 4) is 0 Å². The normalized spacial score (nSPS) is 14.6. The van der Waals surface area contributed by atoms with Gasteiger partial charge in [0.15, 0.2) is 0 Å². The van der Waals surface area contributed by atoms with E-state index in [1.165, 1.54) is 0 Å². The van der Waals surface area contributed by atoms with E-state index in [-0.39, 0.29) is 17.9 Å². The van der Waals surface area contributed by atoms with Crippen LogP contribution in [-0.2, 0) is 9.59 Å². The second-order valence-electron chi connectivity index (χ2n) is 4.29. The van der Waals surface area contributed by atoms with Crippen LogP contribution in [0.3, 0.4) is 0 Å². The van der Waals surface area contributed by atoms with Gasteiger partial charge in [0.1, 0.15) is 6.04 Å². The van der Waals surface area contributed by atoms with Crippen molar-refractivity contribution in [1.29, 1.82) is 0 Å². The quantitative estimate of drug-likeness (QED) is 0.598. The number of amides is 1. The summed E-state index contributed by atoms with van der Waals surface area (Å²) in [4.78, 5) is 22.4. The van der Waals surface area contributed by atoms with E-state index < -0.39 is 12.0 Å². The molecule has 0 spiro atoms. The molecule has 0 aliphatic rings. The molecule has 0 bridgehead atoms. The molecule has 0 aliphatic carbocycles. The number of hydrogen-bond donors (Lipinski definition) is 3. The van der Waals surface area contributed by atoms with Crippen molar-refractivity contribution in [3.63, 3.8) is 0 Å². The van der Waals surface area contributed by atoms with Crippen LogP contribution in [0, 0.1) is 5.92 Å². The second kappa shape index (κ2) is 7.22. The number of rotatable bonds is 7. The highest BCUT2D eigenvalue weighted by Crippen LogP contribution is 2.02. The Hall–Kier alpha value is -1.10. The first-order valence-corrected chi connectivity index (χ1v) is 5.64. The average molecular weight is 230 g/mol. The van der Waals surface area contributed by atoms with Crippen molar-refractivity contribution in [2.24, 2.45) is 5.92 Å². The van der Waals surface area contributed by atoms with Gasteiger partial charge in [0.2, 0.25) is 5.91 Å². The molecular formula is C11H22N2O3. The molecule has 0 saturated carbocycles.